The average molecular weight is 653 g/mol. The number of nitrogens with one attached hydrogen (secondary N) is 1. The van der Waals surface area contributed by atoms with Crippen LogP contribution in [0.25, 0.3) is 11.4 Å². The third kappa shape index (κ3) is 7.24. The van der Waals surface area contributed by atoms with Crippen LogP contribution < -0.4 is 15.0 Å². The number of benzene rings is 2. The van der Waals surface area contributed by atoms with E-state index >= 15 is 0 Å². The number of aliphatic hydroxyl groups is 1. The lowest BCUT2D eigenvalue weighted by molar-refractivity contribution is -0.143. The number of nitrogens with zero attached hydrogens (tertiary/aromatic N) is 7. The van der Waals surface area contributed by atoms with Gasteiger partial charge in [0.05, 0.1) is 31.4 Å². The minimum atomic E-state index is -2.68. The lowest BCUT2D eigenvalue weighted by Crippen LogP contribution is -2.56. The van der Waals surface area contributed by atoms with E-state index < -0.39 is 30.7 Å². The first-order valence-corrected chi connectivity index (χ1v) is 15.5. The number of ether oxygens (including phenoxy) is 2. The molecule has 12 nitrogen and oxygen atoms in total. The molecule has 0 aliphatic carbocycles. The average Bonchev–Trinajstić information content (AvgIpc) is 3.05. The van der Waals surface area contributed by atoms with Crippen LogP contribution in [0.4, 0.5) is 30.5 Å². The number of likely N-dealkylation sites (tertiary alicyclic amines) is 1. The Morgan fingerprint density at radius 1 is 1.13 bits per heavy atom. The number of piperazine rings is 1. The van der Waals surface area contributed by atoms with Crippen molar-refractivity contribution in [3.8, 4) is 23.2 Å². The van der Waals surface area contributed by atoms with E-state index in [1.165, 1.54) is 36.4 Å². The number of hydrogen-bond donors (Lipinski definition) is 2. The second-order valence-electron chi connectivity index (χ2n) is 11.8. The zero-order valence-electron chi connectivity index (χ0n) is 25.7. The lowest BCUT2D eigenvalue weighted by atomic mass is 10.0. The highest BCUT2D eigenvalue weighted by Gasteiger charge is 2.35. The molecule has 3 saturated heterocycles. The topological polar surface area (TPSA) is 140 Å². The van der Waals surface area contributed by atoms with Gasteiger partial charge in [-0.1, -0.05) is 0 Å². The zero-order chi connectivity index (χ0) is 33.1. The van der Waals surface area contributed by atoms with Crippen molar-refractivity contribution >= 4 is 23.2 Å². The van der Waals surface area contributed by atoms with E-state index in [1.807, 2.05) is 4.90 Å². The molecule has 0 spiro atoms. The summed E-state index contributed by atoms with van der Waals surface area (Å²) in [5.74, 6) is -0.0313. The van der Waals surface area contributed by atoms with Crippen LogP contribution in [0.1, 0.15) is 30.9 Å². The first-order valence-electron chi connectivity index (χ1n) is 15.5. The highest BCUT2D eigenvalue weighted by atomic mass is 19.3. The molecule has 3 atom stereocenters. The van der Waals surface area contributed by atoms with Gasteiger partial charge in [0.15, 0.2) is 12.0 Å². The smallest absolute Gasteiger partial charge is 0.265 e. The van der Waals surface area contributed by atoms with E-state index in [4.69, 9.17) is 9.47 Å². The molecule has 2 aromatic carbocycles. The quantitative estimate of drug-likeness (QED) is 0.352. The summed E-state index contributed by atoms with van der Waals surface area (Å²) in [5, 5.41) is 22.3. The van der Waals surface area contributed by atoms with Gasteiger partial charge in [0.25, 0.3) is 12.3 Å². The first kappa shape index (κ1) is 32.4. The molecule has 6 rings (SSSR count). The van der Waals surface area contributed by atoms with Gasteiger partial charge in [0, 0.05) is 61.6 Å². The van der Waals surface area contributed by atoms with Crippen LogP contribution in [0.3, 0.4) is 0 Å². The fraction of sp³-hybridized carbons (Fsp3) is 0.469. The highest BCUT2D eigenvalue weighted by Crippen LogP contribution is 2.34. The summed E-state index contributed by atoms with van der Waals surface area (Å²) in [7, 11) is 0. The van der Waals surface area contributed by atoms with E-state index in [2.05, 4.69) is 31.2 Å². The maximum absolute atomic E-state index is 14.9. The van der Waals surface area contributed by atoms with Gasteiger partial charge in [0.1, 0.15) is 30.4 Å². The monoisotopic (exact) mass is 652 g/mol. The second kappa shape index (κ2) is 14.1. The van der Waals surface area contributed by atoms with Crippen molar-refractivity contribution in [2.75, 3.05) is 62.7 Å². The Hall–Kier alpha value is -4.52. The third-order valence-electron chi connectivity index (χ3n) is 8.67. The maximum Gasteiger partial charge on any atom is 0.265 e. The Morgan fingerprint density at radius 3 is 2.57 bits per heavy atom. The van der Waals surface area contributed by atoms with Crippen LogP contribution in [0.15, 0.2) is 42.7 Å². The highest BCUT2D eigenvalue weighted by molar-refractivity contribution is 5.80. The Labute approximate surface area is 269 Å². The minimum absolute atomic E-state index is 0.0882. The number of carbonyl (C=O) groups is 1. The number of anilines is 3. The number of halogens is 3. The van der Waals surface area contributed by atoms with Crippen molar-refractivity contribution in [1.29, 1.82) is 5.26 Å². The summed E-state index contributed by atoms with van der Waals surface area (Å²) in [6, 6.07) is 11.9. The molecule has 3 aliphatic rings. The molecule has 1 amide bonds. The zero-order valence-corrected chi connectivity index (χ0v) is 25.7. The van der Waals surface area contributed by atoms with E-state index in [0.717, 1.165) is 26.3 Å². The lowest BCUT2D eigenvalue weighted by Gasteiger charge is -2.43. The number of aromatic nitrogens is 3. The summed E-state index contributed by atoms with van der Waals surface area (Å²) in [6.45, 7) is 5.63. The standard InChI is InChI=1S/C32H35F3N8O4/c1-19(44)31(45)43-7-6-28(25(33)15-43)47-27-5-2-20(12-21(27)14-36)30-37-18-38-32(40-30)39-22-3-4-26(24(13-22)29(34)35)42-10-8-41(9-11-42)23-16-46-17-23/h2-5,12-13,18-19,23,25,28-29,44H,6-11,15-17H2,1H3,(H,37,38,39,40)/t19-,25+,28?/m0/s1. The second-order valence-corrected chi connectivity index (χ2v) is 11.8. The molecule has 0 saturated carbocycles. The largest absolute Gasteiger partial charge is 0.486 e. The van der Waals surface area contributed by atoms with Crippen molar-refractivity contribution in [2.45, 2.75) is 44.2 Å². The van der Waals surface area contributed by atoms with Crippen LogP contribution >= 0.6 is 0 Å². The summed E-state index contributed by atoms with van der Waals surface area (Å²) in [6.07, 6.45) is -4.83. The van der Waals surface area contributed by atoms with Gasteiger partial charge in [-0.25, -0.2) is 23.1 Å². The van der Waals surface area contributed by atoms with Crippen LogP contribution in [0.5, 0.6) is 5.75 Å². The third-order valence-corrected chi connectivity index (χ3v) is 8.67. The van der Waals surface area contributed by atoms with Crippen molar-refractivity contribution in [2.24, 2.45) is 0 Å². The number of nitriles is 1. The van der Waals surface area contributed by atoms with Crippen LogP contribution in [0, 0.1) is 11.3 Å². The minimum Gasteiger partial charge on any atom is -0.486 e. The first-order chi connectivity index (χ1) is 22.7. The number of aliphatic hydroxyl groups excluding tert-OH is 1. The number of hydrogen-bond acceptors (Lipinski definition) is 11. The van der Waals surface area contributed by atoms with Gasteiger partial charge in [-0.15, -0.1) is 0 Å². The summed E-state index contributed by atoms with van der Waals surface area (Å²) < 4.78 is 54.4. The van der Waals surface area contributed by atoms with E-state index in [9.17, 15) is 28.3 Å². The molecule has 2 N–H and O–H groups in total. The van der Waals surface area contributed by atoms with Gasteiger partial charge in [-0.2, -0.15) is 10.2 Å². The molecule has 0 bridgehead atoms. The van der Waals surface area contributed by atoms with Crippen molar-refractivity contribution in [3.05, 3.63) is 53.9 Å². The van der Waals surface area contributed by atoms with Crippen molar-refractivity contribution in [1.82, 2.24) is 24.8 Å². The molecule has 1 aromatic heterocycles. The molecular formula is C32H35F3N8O4. The van der Waals surface area contributed by atoms with E-state index in [0.29, 0.717) is 36.1 Å². The fourth-order valence-electron chi connectivity index (χ4n) is 5.98. The van der Waals surface area contributed by atoms with Crippen LogP contribution in [-0.4, -0.2) is 113 Å². The van der Waals surface area contributed by atoms with Gasteiger partial charge in [0.2, 0.25) is 5.95 Å². The number of rotatable bonds is 9. The normalized spacial score (nSPS) is 21.2. The Balaban J connectivity index is 1.13. The van der Waals surface area contributed by atoms with Crippen molar-refractivity contribution < 1.29 is 32.5 Å². The van der Waals surface area contributed by atoms with Crippen molar-refractivity contribution in [3.63, 3.8) is 0 Å². The summed E-state index contributed by atoms with van der Waals surface area (Å²) in [5.41, 5.74) is 1.39. The number of amides is 1. The van der Waals surface area contributed by atoms with Gasteiger partial charge < -0.3 is 29.7 Å². The molecule has 3 aromatic rings. The van der Waals surface area contributed by atoms with Gasteiger partial charge in [-0.3, -0.25) is 9.69 Å². The molecule has 15 heteroatoms. The maximum atomic E-state index is 14.9. The summed E-state index contributed by atoms with van der Waals surface area (Å²) >= 11 is 0. The van der Waals surface area contributed by atoms with Gasteiger partial charge >= 0.3 is 0 Å². The number of alkyl halides is 3. The van der Waals surface area contributed by atoms with E-state index in [1.54, 1.807) is 18.2 Å². The van der Waals surface area contributed by atoms with Gasteiger partial charge in [-0.05, 0) is 43.3 Å². The predicted molar refractivity (Wildman–Crippen MR) is 165 cm³/mol. The number of piperidine rings is 1. The molecule has 47 heavy (non-hydrogen) atoms. The predicted octanol–water partition coefficient (Wildman–Crippen LogP) is 3.31. The molecule has 0 radical (unpaired) electrons. The molecule has 1 unspecified atom stereocenters. The Kier molecular flexibility index (Phi) is 9.71. The van der Waals surface area contributed by atoms with E-state index in [-0.39, 0.29) is 48.2 Å². The van der Waals surface area contributed by atoms with Crippen LogP contribution in [0.2, 0.25) is 0 Å². The molecule has 4 heterocycles. The SMILES string of the molecule is C[C@H](O)C(=O)N1CCC(Oc2ccc(-c3ncnc(Nc4ccc(N5CCN(C6COC6)CC5)c(C(F)F)c4)n3)cc2C#N)[C@H](F)C1. The van der Waals surface area contributed by atoms with Crippen LogP contribution in [-0.2, 0) is 9.53 Å². The molecule has 3 fully saturated rings. The summed E-state index contributed by atoms with van der Waals surface area (Å²) in [4.78, 5) is 30.4. The number of carbonyl (C=O) groups excluding carboxylic acids is 1. The molecule has 248 valence electrons. The fourth-order valence-corrected chi connectivity index (χ4v) is 5.98. The molecular weight excluding hydrogens is 617 g/mol. The Morgan fingerprint density at radius 2 is 1.91 bits per heavy atom. The Bertz CT molecular complexity index is 1630. The molecule has 3 aliphatic heterocycles.